The first-order chi connectivity index (χ1) is 16.8. The summed E-state index contributed by atoms with van der Waals surface area (Å²) < 4.78 is 5.92. The van der Waals surface area contributed by atoms with E-state index in [-0.39, 0.29) is 22.6 Å². The van der Waals surface area contributed by atoms with Gasteiger partial charge in [-0.25, -0.2) is 0 Å². The molecule has 0 radical (unpaired) electrons. The molecule has 0 saturated carbocycles. The zero-order valence-electron chi connectivity index (χ0n) is 21.6. The minimum Gasteiger partial charge on any atom is -0.493 e. The lowest BCUT2D eigenvalue weighted by Gasteiger charge is -2.43. The number of hydrogen-bond acceptors (Lipinski definition) is 3. The van der Waals surface area contributed by atoms with Crippen LogP contribution in [0.15, 0.2) is 48.5 Å². The van der Waals surface area contributed by atoms with Crippen molar-refractivity contribution in [2.24, 2.45) is 5.41 Å². The average molecular weight is 477 g/mol. The van der Waals surface area contributed by atoms with E-state index in [1.807, 2.05) is 41.3 Å². The molecular formula is C30H40N2O3. The van der Waals surface area contributed by atoms with Gasteiger partial charge < -0.3 is 15.0 Å². The molecule has 5 nitrogen and oxygen atoms in total. The number of fused-ring (bicyclic) bond motifs is 1. The Morgan fingerprint density at radius 3 is 2.43 bits per heavy atom. The zero-order chi connectivity index (χ0) is 24.9. The molecule has 1 spiro atoms. The van der Waals surface area contributed by atoms with Crippen LogP contribution >= 0.6 is 0 Å². The molecule has 35 heavy (non-hydrogen) atoms. The minimum atomic E-state index is -0.0984. The number of carbonyl (C=O) groups is 2. The van der Waals surface area contributed by atoms with Crippen molar-refractivity contribution in [2.45, 2.75) is 71.1 Å². The van der Waals surface area contributed by atoms with E-state index in [1.54, 1.807) is 0 Å². The molecule has 4 rings (SSSR count). The maximum atomic E-state index is 13.5. The van der Waals surface area contributed by atoms with E-state index in [0.717, 1.165) is 57.1 Å². The molecule has 5 heteroatoms. The lowest BCUT2D eigenvalue weighted by Crippen LogP contribution is -2.51. The zero-order valence-corrected chi connectivity index (χ0v) is 21.6. The molecule has 1 unspecified atom stereocenters. The van der Waals surface area contributed by atoms with Crippen molar-refractivity contribution in [3.63, 3.8) is 0 Å². The smallest absolute Gasteiger partial charge is 0.255 e. The molecule has 1 atom stereocenters. The summed E-state index contributed by atoms with van der Waals surface area (Å²) in [6.45, 7) is 9.21. The van der Waals surface area contributed by atoms with Crippen LogP contribution < -0.4 is 10.1 Å². The van der Waals surface area contributed by atoms with Crippen LogP contribution in [0.5, 0.6) is 5.75 Å². The van der Waals surface area contributed by atoms with Crippen LogP contribution in [0.4, 0.5) is 0 Å². The summed E-state index contributed by atoms with van der Waals surface area (Å²) in [6, 6.07) is 15.6. The lowest BCUT2D eigenvalue weighted by atomic mass is 9.75. The van der Waals surface area contributed by atoms with E-state index in [4.69, 9.17) is 4.74 Å². The number of para-hydroxylation sites is 1. The fourth-order valence-electron chi connectivity index (χ4n) is 5.39. The number of carbonyl (C=O) groups excluding carboxylic acids is 2. The number of benzene rings is 2. The van der Waals surface area contributed by atoms with Crippen molar-refractivity contribution in [3.05, 3.63) is 65.2 Å². The Morgan fingerprint density at radius 2 is 1.66 bits per heavy atom. The number of nitrogens with one attached hydrogen (secondary N) is 1. The second-order valence-electron chi connectivity index (χ2n) is 11.3. The summed E-state index contributed by atoms with van der Waals surface area (Å²) in [5.74, 6) is 0.649. The highest BCUT2D eigenvalue weighted by Gasteiger charge is 2.37. The minimum absolute atomic E-state index is 0.0607. The van der Waals surface area contributed by atoms with Gasteiger partial charge in [-0.05, 0) is 60.9 Å². The number of likely N-dealkylation sites (tertiary alicyclic amines) is 1. The topological polar surface area (TPSA) is 58.6 Å². The third kappa shape index (κ3) is 6.25. The number of piperidine rings is 1. The Balaban J connectivity index is 1.51. The molecule has 1 N–H and O–H groups in total. The van der Waals surface area contributed by atoms with Gasteiger partial charge in [0.15, 0.2) is 0 Å². The predicted octanol–water partition coefficient (Wildman–Crippen LogP) is 5.98. The second kappa shape index (κ2) is 10.8. The molecular weight excluding hydrogens is 436 g/mol. The fourth-order valence-corrected chi connectivity index (χ4v) is 5.39. The van der Waals surface area contributed by atoms with Crippen molar-refractivity contribution in [1.82, 2.24) is 10.2 Å². The quantitative estimate of drug-likeness (QED) is 0.551. The van der Waals surface area contributed by atoms with Gasteiger partial charge in [-0.15, -0.1) is 0 Å². The Morgan fingerprint density at radius 1 is 0.943 bits per heavy atom. The van der Waals surface area contributed by atoms with E-state index in [0.29, 0.717) is 31.0 Å². The van der Waals surface area contributed by atoms with Crippen molar-refractivity contribution in [3.8, 4) is 5.75 Å². The van der Waals surface area contributed by atoms with Crippen LogP contribution in [0.1, 0.15) is 92.0 Å². The highest BCUT2D eigenvalue weighted by molar-refractivity contribution is 5.97. The molecule has 2 aromatic rings. The summed E-state index contributed by atoms with van der Waals surface area (Å²) in [5.41, 5.74) is 2.52. The van der Waals surface area contributed by atoms with Gasteiger partial charge in [-0.3, -0.25) is 9.59 Å². The third-order valence-corrected chi connectivity index (χ3v) is 7.56. The molecule has 2 aliphatic rings. The first kappa shape index (κ1) is 25.3. The highest BCUT2D eigenvalue weighted by atomic mass is 16.5. The molecule has 0 aromatic heterocycles. The van der Waals surface area contributed by atoms with Gasteiger partial charge in [0, 0.05) is 30.6 Å². The molecule has 2 amide bonds. The van der Waals surface area contributed by atoms with Crippen LogP contribution in [0.3, 0.4) is 0 Å². The van der Waals surface area contributed by atoms with Gasteiger partial charge >= 0.3 is 0 Å². The molecule has 188 valence electrons. The number of hydrogen-bond donors (Lipinski definition) is 1. The Kier molecular flexibility index (Phi) is 7.83. The second-order valence-corrected chi connectivity index (χ2v) is 11.3. The summed E-state index contributed by atoms with van der Waals surface area (Å²) in [6.07, 6.45) is 7.34. The molecule has 1 saturated heterocycles. The Hall–Kier alpha value is -2.82. The van der Waals surface area contributed by atoms with Crippen molar-refractivity contribution < 1.29 is 14.3 Å². The summed E-state index contributed by atoms with van der Waals surface area (Å²) in [5, 5.41) is 3.20. The monoisotopic (exact) mass is 476 g/mol. The number of rotatable bonds is 1. The Bertz CT molecular complexity index is 1020. The maximum Gasteiger partial charge on any atom is 0.255 e. The van der Waals surface area contributed by atoms with Crippen molar-refractivity contribution >= 4 is 11.8 Å². The normalized spacial score (nSPS) is 22.1. The lowest BCUT2D eigenvalue weighted by molar-refractivity contribution is 0.0471. The van der Waals surface area contributed by atoms with E-state index in [9.17, 15) is 9.59 Å². The van der Waals surface area contributed by atoms with Gasteiger partial charge in [0.05, 0.1) is 12.2 Å². The highest BCUT2D eigenvalue weighted by Crippen LogP contribution is 2.36. The van der Waals surface area contributed by atoms with Gasteiger partial charge in [0.25, 0.3) is 11.8 Å². The maximum absolute atomic E-state index is 13.5. The molecule has 1 fully saturated rings. The SMILES string of the molecule is CC(C)(C)c1ccc(C(=O)N2CCCC3(CCCCCCOc4ccccc4C(=O)NC3)C2)cc1. The molecule has 2 aliphatic heterocycles. The summed E-state index contributed by atoms with van der Waals surface area (Å²) in [4.78, 5) is 28.6. The molecule has 2 heterocycles. The standard InChI is InChI=1S/C30H40N2O3/c1-29(2,3)24-15-13-23(14-16-24)28(34)32-19-10-18-30(22-32)17-8-4-5-9-20-35-26-12-7-6-11-25(26)27(33)31-21-30/h6-7,11-16H,4-5,8-10,17-22H2,1-3H3,(H,31,33). The summed E-state index contributed by atoms with van der Waals surface area (Å²) in [7, 11) is 0. The van der Waals surface area contributed by atoms with Crippen LogP contribution in [-0.4, -0.2) is 43.0 Å². The van der Waals surface area contributed by atoms with Crippen LogP contribution in [-0.2, 0) is 5.41 Å². The first-order valence-electron chi connectivity index (χ1n) is 13.2. The third-order valence-electron chi connectivity index (χ3n) is 7.56. The van der Waals surface area contributed by atoms with Crippen LogP contribution in [0.2, 0.25) is 0 Å². The molecule has 0 bridgehead atoms. The van der Waals surface area contributed by atoms with Gasteiger partial charge in [-0.2, -0.15) is 0 Å². The van der Waals surface area contributed by atoms with Crippen LogP contribution in [0.25, 0.3) is 0 Å². The number of nitrogens with zero attached hydrogens (tertiary/aromatic N) is 1. The predicted molar refractivity (Wildman–Crippen MR) is 140 cm³/mol. The van der Waals surface area contributed by atoms with Gasteiger partial charge in [0.1, 0.15) is 5.75 Å². The van der Waals surface area contributed by atoms with E-state index in [2.05, 4.69) is 38.2 Å². The van der Waals surface area contributed by atoms with E-state index in [1.165, 1.54) is 5.56 Å². The number of amides is 2. The fraction of sp³-hybridized carbons (Fsp3) is 0.533. The van der Waals surface area contributed by atoms with Gasteiger partial charge in [0.2, 0.25) is 0 Å². The van der Waals surface area contributed by atoms with E-state index < -0.39 is 0 Å². The van der Waals surface area contributed by atoms with Gasteiger partial charge in [-0.1, -0.05) is 64.3 Å². The van der Waals surface area contributed by atoms with Crippen molar-refractivity contribution in [2.75, 3.05) is 26.2 Å². The molecule has 2 aromatic carbocycles. The number of ether oxygens (including phenoxy) is 1. The van der Waals surface area contributed by atoms with Crippen LogP contribution in [0, 0.1) is 5.41 Å². The van der Waals surface area contributed by atoms with Crippen molar-refractivity contribution in [1.29, 1.82) is 0 Å². The average Bonchev–Trinajstić information content (AvgIpc) is 2.87. The first-order valence-corrected chi connectivity index (χ1v) is 13.2. The molecule has 0 aliphatic carbocycles. The Labute approximate surface area is 210 Å². The largest absolute Gasteiger partial charge is 0.493 e. The van der Waals surface area contributed by atoms with E-state index >= 15 is 0 Å². The summed E-state index contributed by atoms with van der Waals surface area (Å²) >= 11 is 0.